The van der Waals surface area contributed by atoms with Crippen LogP contribution in [0.5, 0.6) is 0 Å². The molecule has 0 fully saturated rings. The van der Waals surface area contributed by atoms with Crippen LogP contribution in [0.25, 0.3) is 0 Å². The fraction of sp³-hybridized carbons (Fsp3) is 0.273. The van der Waals surface area contributed by atoms with Gasteiger partial charge in [0.1, 0.15) is 0 Å². The number of thiazole rings is 1. The molecule has 2 aromatic rings. The van der Waals surface area contributed by atoms with Gasteiger partial charge in [0.25, 0.3) is 0 Å². The third-order valence-electron chi connectivity index (χ3n) is 2.17. The van der Waals surface area contributed by atoms with Crippen LogP contribution in [0.4, 0.5) is 5.13 Å². The van der Waals surface area contributed by atoms with Crippen LogP contribution >= 0.6 is 22.9 Å². The van der Waals surface area contributed by atoms with Crippen molar-refractivity contribution in [2.75, 3.05) is 11.9 Å². The van der Waals surface area contributed by atoms with Crippen LogP contribution in [0.2, 0.25) is 0 Å². The normalized spacial score (nSPS) is 10.4. The number of aromatic nitrogens is 2. The van der Waals surface area contributed by atoms with Crippen molar-refractivity contribution < 1.29 is 0 Å². The molecule has 0 aromatic carbocycles. The lowest BCUT2D eigenvalue weighted by atomic mass is 10.2. The fourth-order valence-corrected chi connectivity index (χ4v) is 2.38. The summed E-state index contributed by atoms with van der Waals surface area (Å²) in [6.45, 7) is 0.831. The molecule has 2 rings (SSSR count). The molecule has 0 aliphatic carbocycles. The highest BCUT2D eigenvalue weighted by atomic mass is 35.5. The van der Waals surface area contributed by atoms with E-state index in [0.29, 0.717) is 5.88 Å². The maximum Gasteiger partial charge on any atom is 0.185 e. The molecular formula is C11H12ClN3S. The Morgan fingerprint density at radius 3 is 2.75 bits per heavy atom. The van der Waals surface area contributed by atoms with Gasteiger partial charge in [0, 0.05) is 31.4 Å². The number of halogens is 1. The van der Waals surface area contributed by atoms with Gasteiger partial charge in [-0.05, 0) is 17.7 Å². The Bertz CT molecular complexity index is 444. The molecule has 0 aliphatic rings. The molecule has 2 heterocycles. The summed E-state index contributed by atoms with van der Waals surface area (Å²) in [5.74, 6) is 0.472. The van der Waals surface area contributed by atoms with E-state index in [1.807, 2.05) is 24.6 Å². The van der Waals surface area contributed by atoms with Gasteiger partial charge in [-0.1, -0.05) is 0 Å². The summed E-state index contributed by atoms with van der Waals surface area (Å²) in [5.41, 5.74) is 2.16. The van der Waals surface area contributed by atoms with Gasteiger partial charge in [-0.3, -0.25) is 4.98 Å². The molecule has 16 heavy (non-hydrogen) atoms. The summed E-state index contributed by atoms with van der Waals surface area (Å²) >= 11 is 7.34. The van der Waals surface area contributed by atoms with Crippen molar-refractivity contribution in [3.63, 3.8) is 0 Å². The van der Waals surface area contributed by atoms with Gasteiger partial charge in [-0.25, -0.2) is 4.98 Å². The van der Waals surface area contributed by atoms with Crippen LogP contribution in [0.1, 0.15) is 11.3 Å². The van der Waals surface area contributed by atoms with E-state index in [2.05, 4.69) is 14.9 Å². The minimum atomic E-state index is 0.472. The lowest BCUT2D eigenvalue weighted by Gasteiger charge is -2.15. The molecule has 0 spiro atoms. The van der Waals surface area contributed by atoms with Crippen molar-refractivity contribution in [1.82, 2.24) is 9.97 Å². The summed E-state index contributed by atoms with van der Waals surface area (Å²) in [4.78, 5) is 10.5. The molecule has 84 valence electrons. The average Bonchev–Trinajstić information content (AvgIpc) is 2.79. The van der Waals surface area contributed by atoms with Crippen molar-refractivity contribution in [3.05, 3.63) is 41.2 Å². The highest BCUT2D eigenvalue weighted by molar-refractivity contribution is 7.13. The monoisotopic (exact) mass is 253 g/mol. The molecule has 3 nitrogen and oxygen atoms in total. The first-order valence-electron chi connectivity index (χ1n) is 4.90. The summed E-state index contributed by atoms with van der Waals surface area (Å²) in [6, 6.07) is 4.01. The standard InChI is InChI=1S/C11H12ClN3S/c1-15(7-9-2-4-13-5-3-9)11-14-10(6-12)8-16-11/h2-5,8H,6-7H2,1H3. The van der Waals surface area contributed by atoms with Crippen molar-refractivity contribution in [2.24, 2.45) is 0 Å². The number of alkyl halides is 1. The second-order valence-corrected chi connectivity index (χ2v) is 4.57. The average molecular weight is 254 g/mol. The van der Waals surface area contributed by atoms with E-state index in [0.717, 1.165) is 17.4 Å². The van der Waals surface area contributed by atoms with Crippen molar-refractivity contribution in [2.45, 2.75) is 12.4 Å². The molecule has 5 heteroatoms. The van der Waals surface area contributed by atoms with Crippen molar-refractivity contribution in [3.8, 4) is 0 Å². The predicted molar refractivity (Wildman–Crippen MR) is 68.0 cm³/mol. The summed E-state index contributed by atoms with van der Waals surface area (Å²) in [7, 11) is 2.03. The number of rotatable bonds is 4. The number of pyridine rings is 1. The number of hydrogen-bond donors (Lipinski definition) is 0. The van der Waals surface area contributed by atoms with Gasteiger partial charge in [0.15, 0.2) is 5.13 Å². The molecule has 0 radical (unpaired) electrons. The molecule has 0 bridgehead atoms. The second kappa shape index (κ2) is 5.27. The molecule has 0 aliphatic heterocycles. The Kier molecular flexibility index (Phi) is 3.74. The first-order chi connectivity index (χ1) is 7.79. The van der Waals surface area contributed by atoms with E-state index >= 15 is 0 Å². The van der Waals surface area contributed by atoms with E-state index in [1.165, 1.54) is 5.56 Å². The summed E-state index contributed by atoms with van der Waals surface area (Å²) < 4.78 is 0. The fourth-order valence-electron chi connectivity index (χ4n) is 1.36. The molecule has 0 N–H and O–H groups in total. The van der Waals surface area contributed by atoms with E-state index in [-0.39, 0.29) is 0 Å². The molecule has 0 saturated heterocycles. The zero-order valence-electron chi connectivity index (χ0n) is 8.93. The molecule has 0 saturated carbocycles. The minimum absolute atomic E-state index is 0.472. The van der Waals surface area contributed by atoms with Crippen LogP contribution in [0, 0.1) is 0 Å². The van der Waals surface area contributed by atoms with Gasteiger partial charge in [0.05, 0.1) is 11.6 Å². The Balaban J connectivity index is 2.05. The molecule has 0 atom stereocenters. The lowest BCUT2D eigenvalue weighted by Crippen LogP contribution is -2.16. The Morgan fingerprint density at radius 2 is 2.12 bits per heavy atom. The van der Waals surface area contributed by atoms with Crippen LogP contribution in [-0.2, 0) is 12.4 Å². The zero-order chi connectivity index (χ0) is 11.4. The quantitative estimate of drug-likeness (QED) is 0.785. The first-order valence-corrected chi connectivity index (χ1v) is 6.31. The van der Waals surface area contributed by atoms with Gasteiger partial charge < -0.3 is 4.90 Å². The summed E-state index contributed by atoms with van der Waals surface area (Å²) in [5, 5.41) is 2.98. The smallest absolute Gasteiger partial charge is 0.185 e. The molecule has 2 aromatic heterocycles. The van der Waals surface area contributed by atoms with Gasteiger partial charge in [-0.2, -0.15) is 0 Å². The van der Waals surface area contributed by atoms with Crippen LogP contribution in [-0.4, -0.2) is 17.0 Å². The van der Waals surface area contributed by atoms with E-state index in [4.69, 9.17) is 11.6 Å². The third-order valence-corrected chi connectivity index (χ3v) is 3.45. The van der Waals surface area contributed by atoms with Crippen molar-refractivity contribution in [1.29, 1.82) is 0 Å². The van der Waals surface area contributed by atoms with E-state index in [1.54, 1.807) is 23.7 Å². The van der Waals surface area contributed by atoms with Crippen molar-refractivity contribution >= 4 is 28.1 Å². The minimum Gasteiger partial charge on any atom is -0.347 e. The van der Waals surface area contributed by atoms with Gasteiger partial charge in [0.2, 0.25) is 0 Å². The molecule has 0 unspecified atom stereocenters. The SMILES string of the molecule is CN(Cc1ccncc1)c1nc(CCl)cs1. The van der Waals surface area contributed by atoms with Crippen LogP contribution in [0.3, 0.4) is 0 Å². The number of nitrogens with zero attached hydrogens (tertiary/aromatic N) is 3. The predicted octanol–water partition coefficient (Wildman–Crippen LogP) is 2.91. The number of hydrogen-bond acceptors (Lipinski definition) is 4. The third kappa shape index (κ3) is 2.71. The largest absolute Gasteiger partial charge is 0.347 e. The van der Waals surface area contributed by atoms with Gasteiger partial charge in [-0.15, -0.1) is 22.9 Å². The van der Waals surface area contributed by atoms with E-state index < -0.39 is 0 Å². The number of anilines is 1. The topological polar surface area (TPSA) is 29.0 Å². The lowest BCUT2D eigenvalue weighted by molar-refractivity contribution is 0.907. The molecule has 0 amide bonds. The highest BCUT2D eigenvalue weighted by Crippen LogP contribution is 2.21. The van der Waals surface area contributed by atoms with E-state index in [9.17, 15) is 0 Å². The highest BCUT2D eigenvalue weighted by Gasteiger charge is 2.06. The first kappa shape index (κ1) is 11.4. The maximum atomic E-state index is 5.72. The van der Waals surface area contributed by atoms with Gasteiger partial charge >= 0.3 is 0 Å². The Hall–Kier alpha value is -1.13. The molecular weight excluding hydrogens is 242 g/mol. The summed E-state index contributed by atoms with van der Waals surface area (Å²) in [6.07, 6.45) is 3.60. The Morgan fingerprint density at radius 1 is 1.38 bits per heavy atom. The zero-order valence-corrected chi connectivity index (χ0v) is 10.5. The maximum absolute atomic E-state index is 5.72. The Labute approximate surface area is 104 Å². The van der Waals surface area contributed by atoms with Crippen LogP contribution < -0.4 is 4.90 Å². The van der Waals surface area contributed by atoms with Crippen LogP contribution in [0.15, 0.2) is 29.9 Å². The second-order valence-electron chi connectivity index (χ2n) is 3.47.